The molecule has 1 aromatic carbocycles. The Morgan fingerprint density at radius 3 is 2.86 bits per heavy atom. The number of hydrogen-bond acceptors (Lipinski definition) is 2. The molecule has 0 bridgehead atoms. The predicted molar refractivity (Wildman–Crippen MR) is 53.7 cm³/mol. The fraction of sp³-hybridized carbons (Fsp3) is 0.111. The van der Waals surface area contributed by atoms with Crippen molar-refractivity contribution in [3.8, 4) is 6.07 Å². The van der Waals surface area contributed by atoms with Gasteiger partial charge in [-0.05, 0) is 28.1 Å². The van der Waals surface area contributed by atoms with E-state index in [-0.39, 0.29) is 17.0 Å². The highest BCUT2D eigenvalue weighted by molar-refractivity contribution is 9.10. The van der Waals surface area contributed by atoms with Crippen LogP contribution in [-0.2, 0) is 0 Å². The highest BCUT2D eigenvalue weighted by Crippen LogP contribution is 2.26. The number of hydrogen-bond donors (Lipinski definition) is 0. The third kappa shape index (κ3) is 2.31. The first-order valence-electron chi connectivity index (χ1n) is 3.61. The molecule has 0 heterocycles. The van der Waals surface area contributed by atoms with Crippen LogP contribution in [0.25, 0.3) is 0 Å². The van der Waals surface area contributed by atoms with Gasteiger partial charge in [0, 0.05) is 4.47 Å². The summed E-state index contributed by atoms with van der Waals surface area (Å²) in [7, 11) is 0. The van der Waals surface area contributed by atoms with Gasteiger partial charge in [-0.3, -0.25) is 4.79 Å². The van der Waals surface area contributed by atoms with Gasteiger partial charge in [0.25, 0.3) is 0 Å². The molecule has 14 heavy (non-hydrogen) atoms. The van der Waals surface area contributed by atoms with E-state index in [4.69, 9.17) is 16.9 Å². The van der Waals surface area contributed by atoms with Crippen molar-refractivity contribution in [3.63, 3.8) is 0 Å². The lowest BCUT2D eigenvalue weighted by atomic mass is 10.1. The minimum Gasteiger partial charge on any atom is -0.293 e. The first-order valence-corrected chi connectivity index (χ1v) is 4.78. The maximum absolute atomic E-state index is 13.2. The number of benzene rings is 1. The lowest BCUT2D eigenvalue weighted by Gasteiger charge is -2.01. The molecule has 0 unspecified atom stereocenters. The molecule has 0 spiro atoms. The normalized spacial score (nSPS) is 9.57. The zero-order valence-corrected chi connectivity index (χ0v) is 9.19. The smallest absolute Gasteiger partial charge is 0.179 e. The number of halogens is 3. The minimum atomic E-state index is -0.679. The van der Waals surface area contributed by atoms with E-state index in [1.165, 1.54) is 6.07 Å². The predicted octanol–water partition coefficient (Wildman–Crippen LogP) is 3.34. The van der Waals surface area contributed by atoms with Crippen molar-refractivity contribution >= 4 is 33.3 Å². The molecule has 72 valence electrons. The Morgan fingerprint density at radius 1 is 1.64 bits per heavy atom. The zero-order chi connectivity index (χ0) is 10.7. The molecule has 0 atom stereocenters. The van der Waals surface area contributed by atoms with Gasteiger partial charge in [0.1, 0.15) is 5.82 Å². The third-order valence-electron chi connectivity index (χ3n) is 1.55. The van der Waals surface area contributed by atoms with Crippen molar-refractivity contribution in [2.75, 3.05) is 0 Å². The van der Waals surface area contributed by atoms with Crippen LogP contribution in [0, 0.1) is 17.1 Å². The number of ketones is 1. The summed E-state index contributed by atoms with van der Waals surface area (Å²) in [6.07, 6.45) is -0.352. The molecule has 0 aromatic heterocycles. The van der Waals surface area contributed by atoms with Gasteiger partial charge < -0.3 is 0 Å². The van der Waals surface area contributed by atoms with E-state index in [0.717, 1.165) is 6.07 Å². The quantitative estimate of drug-likeness (QED) is 0.614. The van der Waals surface area contributed by atoms with E-state index in [2.05, 4.69) is 15.9 Å². The molecular weight excluding hydrogens is 272 g/mol. The van der Waals surface area contributed by atoms with E-state index in [0.29, 0.717) is 4.47 Å². The molecule has 0 N–H and O–H groups in total. The minimum absolute atomic E-state index is 0.153. The van der Waals surface area contributed by atoms with Gasteiger partial charge in [0.05, 0.1) is 23.1 Å². The first kappa shape index (κ1) is 11.2. The Kier molecular flexibility index (Phi) is 3.62. The van der Waals surface area contributed by atoms with Crippen LogP contribution in [0.4, 0.5) is 4.39 Å². The third-order valence-corrected chi connectivity index (χ3v) is 2.75. The molecule has 0 saturated heterocycles. The Balaban J connectivity index is 3.17. The second kappa shape index (κ2) is 4.54. The molecule has 0 radical (unpaired) electrons. The zero-order valence-electron chi connectivity index (χ0n) is 6.85. The Morgan fingerprint density at radius 2 is 2.29 bits per heavy atom. The molecule has 0 aliphatic carbocycles. The number of carbonyl (C=O) groups is 1. The Bertz CT molecular complexity index is 428. The number of carbonyl (C=O) groups excluding carboxylic acids is 1. The van der Waals surface area contributed by atoms with E-state index >= 15 is 0 Å². The van der Waals surface area contributed by atoms with Crippen molar-refractivity contribution in [2.45, 2.75) is 6.42 Å². The summed E-state index contributed by atoms with van der Waals surface area (Å²) >= 11 is 8.70. The highest BCUT2D eigenvalue weighted by Gasteiger charge is 2.13. The molecule has 2 nitrogen and oxygen atoms in total. The lowest BCUT2D eigenvalue weighted by molar-refractivity contribution is 0.0994. The van der Waals surface area contributed by atoms with E-state index in [9.17, 15) is 9.18 Å². The van der Waals surface area contributed by atoms with E-state index in [1.807, 2.05) is 0 Å². The van der Waals surface area contributed by atoms with Gasteiger partial charge in [0.15, 0.2) is 5.78 Å². The van der Waals surface area contributed by atoms with Gasteiger partial charge in [-0.25, -0.2) is 4.39 Å². The number of rotatable bonds is 2. The monoisotopic (exact) mass is 275 g/mol. The van der Waals surface area contributed by atoms with Gasteiger partial charge >= 0.3 is 0 Å². The standard InChI is InChI=1S/C9H4BrClFNO/c10-6-4-8(12)5(3-7(6)11)9(14)1-2-13/h3-4H,1H2. The summed E-state index contributed by atoms with van der Waals surface area (Å²) < 4.78 is 13.6. The van der Waals surface area contributed by atoms with Crippen LogP contribution in [-0.4, -0.2) is 5.78 Å². The van der Waals surface area contributed by atoms with E-state index in [1.54, 1.807) is 6.07 Å². The first-order chi connectivity index (χ1) is 6.56. The summed E-state index contributed by atoms with van der Waals surface area (Å²) in [5.41, 5.74) is -0.153. The van der Waals surface area contributed by atoms with Crippen molar-refractivity contribution < 1.29 is 9.18 Å². The van der Waals surface area contributed by atoms with Crippen LogP contribution in [0.5, 0.6) is 0 Å². The number of nitriles is 1. The highest BCUT2D eigenvalue weighted by atomic mass is 79.9. The maximum Gasteiger partial charge on any atom is 0.179 e. The number of Topliss-reactive ketones (excluding diaryl/α,β-unsaturated/α-hetero) is 1. The van der Waals surface area contributed by atoms with Gasteiger partial charge in [-0.15, -0.1) is 0 Å². The van der Waals surface area contributed by atoms with Crippen LogP contribution in [0.2, 0.25) is 5.02 Å². The van der Waals surface area contributed by atoms with Crippen LogP contribution >= 0.6 is 27.5 Å². The summed E-state index contributed by atoms with van der Waals surface area (Å²) in [6.45, 7) is 0. The average Bonchev–Trinajstić information content (AvgIpc) is 2.11. The van der Waals surface area contributed by atoms with Crippen LogP contribution in [0.3, 0.4) is 0 Å². The van der Waals surface area contributed by atoms with Gasteiger partial charge in [0.2, 0.25) is 0 Å². The number of nitrogens with zero attached hydrogens (tertiary/aromatic N) is 1. The Hall–Kier alpha value is -0.920. The summed E-state index contributed by atoms with van der Waals surface area (Å²) in [5.74, 6) is -1.25. The van der Waals surface area contributed by atoms with E-state index < -0.39 is 11.6 Å². The largest absolute Gasteiger partial charge is 0.293 e. The lowest BCUT2D eigenvalue weighted by Crippen LogP contribution is -2.01. The van der Waals surface area contributed by atoms with Crippen LogP contribution in [0.1, 0.15) is 16.8 Å². The van der Waals surface area contributed by atoms with Crippen LogP contribution < -0.4 is 0 Å². The Labute approximate surface area is 93.4 Å². The van der Waals surface area contributed by atoms with Crippen LogP contribution in [0.15, 0.2) is 16.6 Å². The van der Waals surface area contributed by atoms with Crippen molar-refractivity contribution in [3.05, 3.63) is 33.0 Å². The molecule has 5 heteroatoms. The molecule has 0 fully saturated rings. The fourth-order valence-electron chi connectivity index (χ4n) is 0.903. The molecule has 0 saturated carbocycles. The molecule has 1 rings (SSSR count). The topological polar surface area (TPSA) is 40.9 Å². The summed E-state index contributed by atoms with van der Waals surface area (Å²) in [5, 5.41) is 8.52. The van der Waals surface area contributed by atoms with Crippen molar-refractivity contribution in [2.24, 2.45) is 0 Å². The van der Waals surface area contributed by atoms with Gasteiger partial charge in [-0.1, -0.05) is 11.6 Å². The molecule has 0 aliphatic heterocycles. The second-order valence-electron chi connectivity index (χ2n) is 2.50. The molecular formula is C9H4BrClFNO. The fourth-order valence-corrected chi connectivity index (χ4v) is 1.38. The summed E-state index contributed by atoms with van der Waals surface area (Å²) in [6, 6.07) is 3.97. The van der Waals surface area contributed by atoms with Crippen molar-refractivity contribution in [1.82, 2.24) is 0 Å². The van der Waals surface area contributed by atoms with Crippen molar-refractivity contribution in [1.29, 1.82) is 5.26 Å². The second-order valence-corrected chi connectivity index (χ2v) is 3.77. The molecule has 0 amide bonds. The maximum atomic E-state index is 13.2. The molecule has 1 aromatic rings. The molecule has 0 aliphatic rings. The summed E-state index contributed by atoms with van der Waals surface area (Å²) in [4.78, 5) is 11.2. The SMILES string of the molecule is N#CCC(=O)c1cc(Cl)c(Br)cc1F. The van der Waals surface area contributed by atoms with Gasteiger partial charge in [-0.2, -0.15) is 5.26 Å². The average molecular weight is 276 g/mol.